The second kappa shape index (κ2) is 5.75. The lowest BCUT2D eigenvalue weighted by molar-refractivity contribution is -0.138. The molecule has 1 saturated carbocycles. The van der Waals surface area contributed by atoms with E-state index >= 15 is 0 Å². The van der Waals surface area contributed by atoms with Crippen LogP contribution >= 0.6 is 11.6 Å². The molecule has 1 aliphatic carbocycles. The predicted octanol–water partition coefficient (Wildman–Crippen LogP) is 4.58. The first kappa shape index (κ1) is 13.4. The smallest absolute Gasteiger partial charge is 0.310 e. The molecule has 1 N–H and O–H groups in total. The van der Waals surface area contributed by atoms with Crippen molar-refractivity contribution in [3.8, 4) is 0 Å². The summed E-state index contributed by atoms with van der Waals surface area (Å²) in [6, 6.07) is 5.76. The molecule has 0 aliphatic heterocycles. The fourth-order valence-electron chi connectivity index (χ4n) is 2.70. The SMILES string of the molecule is CC(C(=O)O)c1ccc(C2CCCCC2)c(Cl)c1. The number of carbonyl (C=O) groups is 1. The summed E-state index contributed by atoms with van der Waals surface area (Å²) in [5, 5.41) is 9.73. The number of halogens is 1. The zero-order chi connectivity index (χ0) is 13.1. The topological polar surface area (TPSA) is 37.3 Å². The molecular weight excluding hydrogens is 248 g/mol. The van der Waals surface area contributed by atoms with Crippen molar-refractivity contribution in [3.63, 3.8) is 0 Å². The Balaban J connectivity index is 2.21. The van der Waals surface area contributed by atoms with Crippen molar-refractivity contribution in [1.82, 2.24) is 0 Å². The van der Waals surface area contributed by atoms with Crippen LogP contribution in [0.5, 0.6) is 0 Å². The molecule has 1 atom stereocenters. The van der Waals surface area contributed by atoms with E-state index in [0.717, 1.165) is 10.6 Å². The van der Waals surface area contributed by atoms with Gasteiger partial charge in [-0.15, -0.1) is 0 Å². The van der Waals surface area contributed by atoms with Crippen LogP contribution in [0.3, 0.4) is 0 Å². The van der Waals surface area contributed by atoms with Gasteiger partial charge in [0.25, 0.3) is 0 Å². The molecule has 1 aromatic rings. The summed E-state index contributed by atoms with van der Waals surface area (Å²) in [6.07, 6.45) is 6.27. The standard InChI is InChI=1S/C15H19ClO2/c1-10(15(17)18)12-7-8-13(14(16)9-12)11-5-3-2-4-6-11/h7-11H,2-6H2,1H3,(H,17,18). The number of carboxylic acid groups (broad SMARTS) is 1. The minimum Gasteiger partial charge on any atom is -0.481 e. The van der Waals surface area contributed by atoms with Gasteiger partial charge >= 0.3 is 5.97 Å². The Hall–Kier alpha value is -1.02. The van der Waals surface area contributed by atoms with Gasteiger partial charge in [-0.2, -0.15) is 0 Å². The van der Waals surface area contributed by atoms with E-state index in [2.05, 4.69) is 0 Å². The summed E-state index contributed by atoms with van der Waals surface area (Å²) in [4.78, 5) is 11.0. The molecule has 0 amide bonds. The third-order valence-electron chi connectivity index (χ3n) is 3.94. The molecule has 0 aromatic heterocycles. The summed E-state index contributed by atoms with van der Waals surface area (Å²) in [6.45, 7) is 1.69. The lowest BCUT2D eigenvalue weighted by Crippen LogP contribution is -2.09. The summed E-state index contributed by atoms with van der Waals surface area (Å²) in [5.74, 6) is -0.750. The van der Waals surface area contributed by atoms with E-state index in [4.69, 9.17) is 16.7 Å². The molecule has 1 aliphatic rings. The van der Waals surface area contributed by atoms with Crippen LogP contribution in [0, 0.1) is 0 Å². The first-order valence-corrected chi connectivity index (χ1v) is 6.99. The lowest BCUT2D eigenvalue weighted by atomic mass is 9.83. The molecule has 18 heavy (non-hydrogen) atoms. The first-order chi connectivity index (χ1) is 8.59. The van der Waals surface area contributed by atoms with Crippen LogP contribution in [0.25, 0.3) is 0 Å². The van der Waals surface area contributed by atoms with Crippen molar-refractivity contribution in [1.29, 1.82) is 0 Å². The molecular formula is C15H19ClO2. The Labute approximate surface area is 113 Å². The van der Waals surface area contributed by atoms with E-state index in [-0.39, 0.29) is 0 Å². The van der Waals surface area contributed by atoms with Gasteiger partial charge in [0.15, 0.2) is 0 Å². The summed E-state index contributed by atoms with van der Waals surface area (Å²) in [7, 11) is 0. The molecule has 2 rings (SSSR count). The maximum Gasteiger partial charge on any atom is 0.310 e. The Morgan fingerprint density at radius 3 is 2.56 bits per heavy atom. The number of benzene rings is 1. The van der Waals surface area contributed by atoms with Crippen LogP contribution in [0.1, 0.15) is 62.0 Å². The van der Waals surface area contributed by atoms with Gasteiger partial charge in [0.2, 0.25) is 0 Å². The molecule has 0 saturated heterocycles. The van der Waals surface area contributed by atoms with Gasteiger partial charge < -0.3 is 5.11 Å². The molecule has 1 unspecified atom stereocenters. The number of carboxylic acids is 1. The summed E-state index contributed by atoms with van der Waals surface area (Å²) in [5.41, 5.74) is 1.98. The largest absolute Gasteiger partial charge is 0.481 e. The number of hydrogen-bond donors (Lipinski definition) is 1. The molecule has 3 heteroatoms. The molecule has 0 heterocycles. The normalized spacial score (nSPS) is 18.6. The average molecular weight is 267 g/mol. The Morgan fingerprint density at radius 1 is 1.33 bits per heavy atom. The minimum atomic E-state index is -0.809. The zero-order valence-corrected chi connectivity index (χ0v) is 11.4. The monoisotopic (exact) mass is 266 g/mol. The van der Waals surface area contributed by atoms with Gasteiger partial charge in [-0.1, -0.05) is 43.0 Å². The second-order valence-electron chi connectivity index (χ2n) is 5.18. The molecule has 2 nitrogen and oxygen atoms in total. The highest BCUT2D eigenvalue weighted by Gasteiger charge is 2.20. The van der Waals surface area contributed by atoms with E-state index in [1.165, 1.54) is 37.7 Å². The average Bonchev–Trinajstić information content (AvgIpc) is 2.38. The molecule has 0 radical (unpaired) electrons. The zero-order valence-electron chi connectivity index (χ0n) is 10.7. The molecule has 0 spiro atoms. The number of rotatable bonds is 3. The van der Waals surface area contributed by atoms with Gasteiger partial charge in [0.05, 0.1) is 5.92 Å². The third kappa shape index (κ3) is 2.86. The maximum atomic E-state index is 11.0. The third-order valence-corrected chi connectivity index (χ3v) is 4.27. The van der Waals surface area contributed by atoms with E-state index < -0.39 is 11.9 Å². The Morgan fingerprint density at radius 2 is 2.00 bits per heavy atom. The van der Waals surface area contributed by atoms with Gasteiger partial charge in [0.1, 0.15) is 0 Å². The van der Waals surface area contributed by atoms with Crippen molar-refractivity contribution in [3.05, 3.63) is 34.3 Å². The molecule has 98 valence electrons. The Bertz CT molecular complexity index is 436. The lowest BCUT2D eigenvalue weighted by Gasteiger charge is -2.23. The van der Waals surface area contributed by atoms with Crippen molar-refractivity contribution < 1.29 is 9.90 Å². The summed E-state index contributed by atoms with van der Waals surface area (Å²) >= 11 is 6.32. The van der Waals surface area contributed by atoms with E-state index in [1.54, 1.807) is 6.92 Å². The molecule has 0 bridgehead atoms. The van der Waals surface area contributed by atoms with Crippen LogP contribution < -0.4 is 0 Å². The van der Waals surface area contributed by atoms with Gasteiger partial charge in [-0.25, -0.2) is 0 Å². The van der Waals surface area contributed by atoms with Gasteiger partial charge in [-0.3, -0.25) is 4.79 Å². The molecule has 1 fully saturated rings. The van der Waals surface area contributed by atoms with Crippen LogP contribution in [0.2, 0.25) is 5.02 Å². The van der Waals surface area contributed by atoms with Crippen LogP contribution in [0.15, 0.2) is 18.2 Å². The fourth-order valence-corrected chi connectivity index (χ4v) is 3.04. The number of hydrogen-bond acceptors (Lipinski definition) is 1. The highest BCUT2D eigenvalue weighted by Crippen LogP contribution is 2.37. The van der Waals surface area contributed by atoms with E-state index in [9.17, 15) is 4.79 Å². The van der Waals surface area contributed by atoms with E-state index in [0.29, 0.717) is 5.92 Å². The van der Waals surface area contributed by atoms with Crippen molar-refractivity contribution in [2.75, 3.05) is 0 Å². The molecule has 1 aromatic carbocycles. The highest BCUT2D eigenvalue weighted by atomic mass is 35.5. The van der Waals surface area contributed by atoms with Crippen molar-refractivity contribution >= 4 is 17.6 Å². The Kier molecular flexibility index (Phi) is 4.28. The van der Waals surface area contributed by atoms with E-state index in [1.807, 2.05) is 18.2 Å². The highest BCUT2D eigenvalue weighted by molar-refractivity contribution is 6.31. The minimum absolute atomic E-state index is 0.497. The quantitative estimate of drug-likeness (QED) is 0.870. The first-order valence-electron chi connectivity index (χ1n) is 6.61. The van der Waals surface area contributed by atoms with Crippen LogP contribution in [-0.2, 0) is 4.79 Å². The van der Waals surface area contributed by atoms with Crippen LogP contribution in [-0.4, -0.2) is 11.1 Å². The predicted molar refractivity (Wildman–Crippen MR) is 73.3 cm³/mol. The van der Waals surface area contributed by atoms with Crippen LogP contribution in [0.4, 0.5) is 0 Å². The van der Waals surface area contributed by atoms with Gasteiger partial charge in [0, 0.05) is 5.02 Å². The summed E-state index contributed by atoms with van der Waals surface area (Å²) < 4.78 is 0. The van der Waals surface area contributed by atoms with Crippen molar-refractivity contribution in [2.45, 2.75) is 50.9 Å². The number of aliphatic carboxylic acids is 1. The maximum absolute atomic E-state index is 11.0. The van der Waals surface area contributed by atoms with Gasteiger partial charge in [-0.05, 0) is 42.9 Å². The fraction of sp³-hybridized carbons (Fsp3) is 0.533. The van der Waals surface area contributed by atoms with Crippen molar-refractivity contribution in [2.24, 2.45) is 0 Å². The second-order valence-corrected chi connectivity index (χ2v) is 5.58.